The summed E-state index contributed by atoms with van der Waals surface area (Å²) >= 11 is 6.05. The molecule has 0 amide bonds. The zero-order chi connectivity index (χ0) is 20.6. The van der Waals surface area contributed by atoms with Gasteiger partial charge in [-0.3, -0.25) is 0 Å². The lowest BCUT2D eigenvalue weighted by molar-refractivity contribution is 0.242. The molecule has 29 heavy (non-hydrogen) atoms. The van der Waals surface area contributed by atoms with Crippen LogP contribution in [0.2, 0.25) is 5.02 Å². The standard InChI is InChI=1S/C25H27ClFNO/c1-18(2)29-24-13-3-19(4-14-24)17-28-16-15-25(20-5-9-22(26)10-6-20)21-7-11-23(27)12-8-21/h3-14,18,25,28H,15-17H2,1-2H3/t25-/m1/s1. The van der Waals surface area contributed by atoms with Crippen LogP contribution in [0.1, 0.15) is 42.9 Å². The van der Waals surface area contributed by atoms with Crippen LogP contribution in [0, 0.1) is 5.82 Å². The van der Waals surface area contributed by atoms with Crippen molar-refractivity contribution in [1.29, 1.82) is 0 Å². The van der Waals surface area contributed by atoms with E-state index in [0.29, 0.717) is 0 Å². The van der Waals surface area contributed by atoms with Crippen molar-refractivity contribution >= 4 is 11.6 Å². The van der Waals surface area contributed by atoms with Crippen LogP contribution in [0.15, 0.2) is 72.8 Å². The third kappa shape index (κ3) is 6.59. The maximum absolute atomic E-state index is 13.4. The summed E-state index contributed by atoms with van der Waals surface area (Å²) in [5, 5.41) is 4.23. The van der Waals surface area contributed by atoms with Crippen molar-refractivity contribution in [1.82, 2.24) is 5.32 Å². The first-order valence-corrected chi connectivity index (χ1v) is 10.4. The lowest BCUT2D eigenvalue weighted by Crippen LogP contribution is -2.18. The summed E-state index contributed by atoms with van der Waals surface area (Å²) in [5.41, 5.74) is 3.50. The van der Waals surface area contributed by atoms with Crippen LogP contribution < -0.4 is 10.1 Å². The van der Waals surface area contributed by atoms with Gasteiger partial charge < -0.3 is 10.1 Å². The van der Waals surface area contributed by atoms with Crippen LogP contribution in [0.3, 0.4) is 0 Å². The summed E-state index contributed by atoms with van der Waals surface area (Å²) in [7, 11) is 0. The number of hydrogen-bond donors (Lipinski definition) is 1. The fourth-order valence-corrected chi connectivity index (χ4v) is 3.48. The molecule has 0 saturated heterocycles. The predicted octanol–water partition coefficient (Wildman–Crippen LogP) is 6.58. The molecule has 3 rings (SSSR count). The third-order valence-corrected chi connectivity index (χ3v) is 5.03. The molecule has 0 heterocycles. The fraction of sp³-hybridized carbons (Fsp3) is 0.280. The molecule has 0 spiro atoms. The summed E-state index contributed by atoms with van der Waals surface area (Å²) in [6.07, 6.45) is 1.08. The average Bonchev–Trinajstić information content (AvgIpc) is 2.71. The molecule has 4 heteroatoms. The Morgan fingerprint density at radius 2 is 1.45 bits per heavy atom. The molecule has 2 nitrogen and oxygen atoms in total. The second-order valence-electron chi connectivity index (χ2n) is 7.43. The number of nitrogens with one attached hydrogen (secondary N) is 1. The van der Waals surface area contributed by atoms with E-state index in [-0.39, 0.29) is 17.8 Å². The molecule has 0 aliphatic carbocycles. The highest BCUT2D eigenvalue weighted by molar-refractivity contribution is 6.30. The normalized spacial score (nSPS) is 12.2. The molecule has 0 bridgehead atoms. The van der Waals surface area contributed by atoms with Crippen LogP contribution >= 0.6 is 11.6 Å². The van der Waals surface area contributed by atoms with E-state index in [1.165, 1.54) is 23.3 Å². The average molecular weight is 412 g/mol. The van der Waals surface area contributed by atoms with E-state index in [0.717, 1.165) is 35.8 Å². The Labute approximate surface area is 177 Å². The van der Waals surface area contributed by atoms with Crippen molar-refractivity contribution in [3.8, 4) is 5.75 Å². The minimum absolute atomic E-state index is 0.176. The van der Waals surface area contributed by atoms with Crippen molar-refractivity contribution in [2.24, 2.45) is 0 Å². The third-order valence-electron chi connectivity index (χ3n) is 4.78. The maximum Gasteiger partial charge on any atom is 0.123 e. The Morgan fingerprint density at radius 3 is 2.03 bits per heavy atom. The first-order valence-electron chi connectivity index (χ1n) is 9.98. The maximum atomic E-state index is 13.4. The van der Waals surface area contributed by atoms with Crippen molar-refractivity contribution in [2.75, 3.05) is 6.54 Å². The van der Waals surface area contributed by atoms with Crippen molar-refractivity contribution in [2.45, 2.75) is 38.8 Å². The number of ether oxygens (including phenoxy) is 1. The van der Waals surface area contributed by atoms with Crippen molar-refractivity contribution in [3.05, 3.63) is 100 Å². The Balaban J connectivity index is 1.60. The van der Waals surface area contributed by atoms with Gasteiger partial charge in [0.2, 0.25) is 0 Å². The number of hydrogen-bond acceptors (Lipinski definition) is 2. The number of halogens is 2. The van der Waals surface area contributed by atoms with E-state index in [9.17, 15) is 4.39 Å². The largest absolute Gasteiger partial charge is 0.491 e. The van der Waals surface area contributed by atoms with E-state index < -0.39 is 0 Å². The smallest absolute Gasteiger partial charge is 0.123 e. The first kappa shape index (κ1) is 21.4. The molecular formula is C25H27ClFNO. The fourth-order valence-electron chi connectivity index (χ4n) is 3.35. The highest BCUT2D eigenvalue weighted by atomic mass is 35.5. The van der Waals surface area contributed by atoms with Crippen LogP contribution in [0.4, 0.5) is 4.39 Å². The molecule has 1 N–H and O–H groups in total. The Hall–Kier alpha value is -2.36. The zero-order valence-electron chi connectivity index (χ0n) is 16.9. The summed E-state index contributed by atoms with van der Waals surface area (Å²) < 4.78 is 19.0. The second kappa shape index (κ2) is 10.4. The zero-order valence-corrected chi connectivity index (χ0v) is 17.6. The van der Waals surface area contributed by atoms with Crippen molar-refractivity contribution < 1.29 is 9.13 Å². The molecule has 0 fully saturated rings. The first-order chi connectivity index (χ1) is 14.0. The summed E-state index contributed by atoms with van der Waals surface area (Å²) in [6.45, 7) is 5.68. The van der Waals surface area contributed by atoms with Gasteiger partial charge in [0.05, 0.1) is 6.10 Å². The minimum Gasteiger partial charge on any atom is -0.491 e. The minimum atomic E-state index is -0.216. The topological polar surface area (TPSA) is 21.3 Å². The van der Waals surface area contributed by atoms with Crippen molar-refractivity contribution in [3.63, 3.8) is 0 Å². The second-order valence-corrected chi connectivity index (χ2v) is 7.87. The molecule has 152 valence electrons. The van der Waals surface area contributed by atoms with E-state index >= 15 is 0 Å². The Kier molecular flexibility index (Phi) is 7.68. The molecular weight excluding hydrogens is 385 g/mol. The van der Waals surface area contributed by atoms with E-state index in [1.54, 1.807) is 0 Å². The van der Waals surface area contributed by atoms with E-state index in [4.69, 9.17) is 16.3 Å². The lowest BCUT2D eigenvalue weighted by atomic mass is 9.88. The van der Waals surface area contributed by atoms with Gasteiger partial charge in [0, 0.05) is 17.5 Å². The van der Waals surface area contributed by atoms with Gasteiger partial charge in [0.25, 0.3) is 0 Å². The van der Waals surface area contributed by atoms with Gasteiger partial charge in [-0.05, 0) is 79.9 Å². The Morgan fingerprint density at radius 1 is 0.862 bits per heavy atom. The van der Waals surface area contributed by atoms with Crippen LogP contribution in [0.25, 0.3) is 0 Å². The molecule has 3 aromatic rings. The highest BCUT2D eigenvalue weighted by Crippen LogP contribution is 2.29. The molecule has 1 atom stereocenters. The van der Waals surface area contributed by atoms with Gasteiger partial charge in [-0.2, -0.15) is 0 Å². The molecule has 0 aliphatic rings. The van der Waals surface area contributed by atoms with Crippen LogP contribution in [0.5, 0.6) is 5.75 Å². The SMILES string of the molecule is CC(C)Oc1ccc(CNCC[C@@H](c2ccc(F)cc2)c2ccc(Cl)cc2)cc1. The molecule has 0 aromatic heterocycles. The lowest BCUT2D eigenvalue weighted by Gasteiger charge is -2.19. The van der Waals surface area contributed by atoms with Gasteiger partial charge in [-0.25, -0.2) is 4.39 Å². The molecule has 0 unspecified atom stereocenters. The van der Waals surface area contributed by atoms with Gasteiger partial charge >= 0.3 is 0 Å². The van der Waals surface area contributed by atoms with Gasteiger partial charge in [-0.15, -0.1) is 0 Å². The van der Waals surface area contributed by atoms with Gasteiger partial charge in [-0.1, -0.05) is 48.0 Å². The van der Waals surface area contributed by atoms with Crippen LogP contribution in [-0.2, 0) is 6.54 Å². The molecule has 0 aliphatic heterocycles. The summed E-state index contributed by atoms with van der Waals surface area (Å²) in [4.78, 5) is 0. The molecule has 0 saturated carbocycles. The Bertz CT molecular complexity index is 831. The van der Waals surface area contributed by atoms with Crippen LogP contribution in [-0.4, -0.2) is 12.6 Å². The summed E-state index contributed by atoms with van der Waals surface area (Å²) in [6, 6.07) is 22.8. The molecule has 3 aromatic carbocycles. The highest BCUT2D eigenvalue weighted by Gasteiger charge is 2.14. The predicted molar refractivity (Wildman–Crippen MR) is 118 cm³/mol. The van der Waals surface area contributed by atoms with Gasteiger partial charge in [0.1, 0.15) is 11.6 Å². The number of rotatable bonds is 9. The van der Waals surface area contributed by atoms with E-state index in [2.05, 4.69) is 17.4 Å². The van der Waals surface area contributed by atoms with E-state index in [1.807, 2.05) is 62.4 Å². The number of benzene rings is 3. The summed E-state index contributed by atoms with van der Waals surface area (Å²) in [5.74, 6) is 0.858. The quantitative estimate of drug-likeness (QED) is 0.401. The monoisotopic (exact) mass is 411 g/mol. The molecule has 0 radical (unpaired) electrons. The van der Waals surface area contributed by atoms with Gasteiger partial charge in [0.15, 0.2) is 0 Å².